The highest BCUT2D eigenvalue weighted by Gasteiger charge is 2.27. The summed E-state index contributed by atoms with van der Waals surface area (Å²) in [6.45, 7) is 3.01. The number of hydrogen-bond acceptors (Lipinski definition) is 7. The zero-order valence-corrected chi connectivity index (χ0v) is 15.9. The van der Waals surface area contributed by atoms with E-state index < -0.39 is 60.2 Å². The Kier molecular flexibility index (Phi) is 11.4. The minimum Gasteiger partial charge on any atom is -0.481 e. The van der Waals surface area contributed by atoms with Gasteiger partial charge in [-0.1, -0.05) is 0 Å². The fourth-order valence-corrected chi connectivity index (χ4v) is 2.10. The first-order valence-electron chi connectivity index (χ1n) is 8.80. The molecule has 0 aromatic rings. The Morgan fingerprint density at radius 2 is 1.43 bits per heavy atom. The van der Waals surface area contributed by atoms with E-state index in [4.69, 9.17) is 21.7 Å². The van der Waals surface area contributed by atoms with Crippen molar-refractivity contribution in [3.05, 3.63) is 0 Å². The van der Waals surface area contributed by atoms with Gasteiger partial charge in [0.15, 0.2) is 0 Å². The maximum atomic E-state index is 12.4. The van der Waals surface area contributed by atoms with E-state index in [0.717, 1.165) is 0 Å². The third kappa shape index (κ3) is 9.83. The Bertz CT molecular complexity index is 584. The average molecular weight is 403 g/mol. The summed E-state index contributed by atoms with van der Waals surface area (Å²) >= 11 is 0. The number of carbonyl (C=O) groups is 5. The number of nitrogens with one attached hydrogen (secondary N) is 3. The summed E-state index contributed by atoms with van der Waals surface area (Å²) in [6.07, 6.45) is 0.690. The molecule has 160 valence electrons. The Labute approximate surface area is 162 Å². The highest BCUT2D eigenvalue weighted by atomic mass is 16.4. The Morgan fingerprint density at radius 3 is 1.93 bits per heavy atom. The minimum atomic E-state index is -1.33. The molecule has 9 N–H and O–H groups in total. The molecule has 0 saturated heterocycles. The fourth-order valence-electron chi connectivity index (χ4n) is 2.10. The van der Waals surface area contributed by atoms with Crippen LogP contribution in [0.3, 0.4) is 0 Å². The van der Waals surface area contributed by atoms with Crippen LogP contribution in [0.25, 0.3) is 0 Å². The highest BCUT2D eigenvalue weighted by molar-refractivity contribution is 5.94. The van der Waals surface area contributed by atoms with E-state index in [9.17, 15) is 24.0 Å². The monoisotopic (exact) mass is 403 g/mol. The van der Waals surface area contributed by atoms with Gasteiger partial charge in [0.25, 0.3) is 0 Å². The van der Waals surface area contributed by atoms with Crippen molar-refractivity contribution in [3.8, 4) is 0 Å². The lowest BCUT2D eigenvalue weighted by Gasteiger charge is -2.23. The molecule has 0 aromatic carbocycles. The van der Waals surface area contributed by atoms with Gasteiger partial charge < -0.3 is 37.6 Å². The first kappa shape index (κ1) is 25.3. The van der Waals surface area contributed by atoms with E-state index in [-0.39, 0.29) is 6.42 Å². The average Bonchev–Trinajstić information content (AvgIpc) is 2.59. The summed E-state index contributed by atoms with van der Waals surface area (Å²) in [5.74, 6) is -4.70. The number of aliphatic carboxylic acids is 2. The molecule has 0 heterocycles. The molecule has 0 bridgehead atoms. The molecule has 12 nitrogen and oxygen atoms in total. The van der Waals surface area contributed by atoms with Gasteiger partial charge in [-0.3, -0.25) is 24.0 Å². The molecule has 0 aliphatic heterocycles. The third-order valence-electron chi connectivity index (χ3n) is 3.79. The van der Waals surface area contributed by atoms with Gasteiger partial charge in [0, 0.05) is 0 Å². The van der Waals surface area contributed by atoms with Gasteiger partial charge in [-0.2, -0.15) is 0 Å². The molecule has 0 aliphatic carbocycles. The molecular formula is C16H29N5O7. The summed E-state index contributed by atoms with van der Waals surface area (Å²) < 4.78 is 0. The smallest absolute Gasteiger partial charge is 0.325 e. The molecule has 0 fully saturated rings. The van der Waals surface area contributed by atoms with Crippen molar-refractivity contribution >= 4 is 29.7 Å². The lowest BCUT2D eigenvalue weighted by atomic mass is 10.1. The summed E-state index contributed by atoms with van der Waals surface area (Å²) in [6, 6.07) is -4.58. The van der Waals surface area contributed by atoms with Gasteiger partial charge in [0.2, 0.25) is 17.7 Å². The van der Waals surface area contributed by atoms with Crippen LogP contribution in [0.1, 0.15) is 39.5 Å². The zero-order valence-electron chi connectivity index (χ0n) is 15.9. The number of hydrogen-bond donors (Lipinski definition) is 7. The van der Waals surface area contributed by atoms with Crippen LogP contribution < -0.4 is 27.4 Å². The normalized spacial score (nSPS) is 14.9. The molecular weight excluding hydrogens is 374 g/mol. The number of carboxylic acid groups (broad SMARTS) is 2. The molecule has 12 heteroatoms. The molecule has 0 saturated carbocycles. The van der Waals surface area contributed by atoms with Gasteiger partial charge in [-0.05, 0) is 39.7 Å². The summed E-state index contributed by atoms with van der Waals surface area (Å²) in [4.78, 5) is 57.9. The summed E-state index contributed by atoms with van der Waals surface area (Å²) in [5.41, 5.74) is 10.9. The second-order valence-electron chi connectivity index (χ2n) is 6.35. The predicted octanol–water partition coefficient (Wildman–Crippen LogP) is -2.50. The van der Waals surface area contributed by atoms with Crippen LogP contribution >= 0.6 is 0 Å². The van der Waals surface area contributed by atoms with E-state index >= 15 is 0 Å². The highest BCUT2D eigenvalue weighted by Crippen LogP contribution is 2.03. The van der Waals surface area contributed by atoms with Crippen LogP contribution in [0, 0.1) is 0 Å². The van der Waals surface area contributed by atoms with E-state index in [1.807, 2.05) is 0 Å². The fraction of sp³-hybridized carbons (Fsp3) is 0.688. The van der Waals surface area contributed by atoms with Crippen molar-refractivity contribution in [2.75, 3.05) is 6.54 Å². The Hall–Kier alpha value is -2.73. The van der Waals surface area contributed by atoms with Gasteiger partial charge in [-0.25, -0.2) is 0 Å². The molecule has 0 aliphatic rings. The third-order valence-corrected chi connectivity index (χ3v) is 3.79. The number of carbonyl (C=O) groups excluding carboxylic acids is 3. The Balaban J connectivity index is 4.95. The first-order chi connectivity index (χ1) is 13.0. The van der Waals surface area contributed by atoms with Gasteiger partial charge in [0.1, 0.15) is 18.1 Å². The molecule has 4 unspecified atom stereocenters. The van der Waals surface area contributed by atoms with Crippen LogP contribution in [0.15, 0.2) is 0 Å². The van der Waals surface area contributed by atoms with Gasteiger partial charge in [-0.15, -0.1) is 0 Å². The second-order valence-corrected chi connectivity index (χ2v) is 6.35. The van der Waals surface area contributed by atoms with Crippen LogP contribution in [-0.2, 0) is 24.0 Å². The predicted molar refractivity (Wildman–Crippen MR) is 97.9 cm³/mol. The molecule has 4 atom stereocenters. The molecule has 28 heavy (non-hydrogen) atoms. The van der Waals surface area contributed by atoms with Crippen LogP contribution in [0.4, 0.5) is 0 Å². The number of nitrogens with two attached hydrogens (primary N) is 2. The minimum absolute atomic E-state index is 0.203. The van der Waals surface area contributed by atoms with Crippen molar-refractivity contribution in [2.24, 2.45) is 11.5 Å². The van der Waals surface area contributed by atoms with Crippen molar-refractivity contribution < 1.29 is 34.2 Å². The van der Waals surface area contributed by atoms with Crippen LogP contribution in [0.5, 0.6) is 0 Å². The quantitative estimate of drug-likeness (QED) is 0.161. The van der Waals surface area contributed by atoms with Crippen molar-refractivity contribution in [3.63, 3.8) is 0 Å². The first-order valence-corrected chi connectivity index (χ1v) is 8.80. The van der Waals surface area contributed by atoms with Crippen molar-refractivity contribution in [1.29, 1.82) is 0 Å². The molecule has 3 amide bonds. The maximum absolute atomic E-state index is 12.4. The van der Waals surface area contributed by atoms with Gasteiger partial charge >= 0.3 is 11.9 Å². The number of carboxylic acids is 2. The van der Waals surface area contributed by atoms with E-state index in [1.165, 1.54) is 13.8 Å². The molecule has 0 aromatic heterocycles. The molecule has 0 rings (SSSR count). The lowest BCUT2D eigenvalue weighted by Crippen LogP contribution is -2.56. The van der Waals surface area contributed by atoms with E-state index in [0.29, 0.717) is 19.4 Å². The maximum Gasteiger partial charge on any atom is 0.325 e. The van der Waals surface area contributed by atoms with Crippen LogP contribution in [0.2, 0.25) is 0 Å². The standard InChI is InChI=1S/C16H29N5O7/c1-8(13(24)20-9(2)16(27)28)19-15(26)11(5-3-4-6-17)21-14(25)10(18)7-12(22)23/h8-11H,3-7,17-18H2,1-2H3,(H,19,26)(H,20,24)(H,21,25)(H,22,23)(H,27,28). The zero-order chi connectivity index (χ0) is 21.9. The number of unbranched alkanes of at least 4 members (excludes halogenated alkanes) is 1. The largest absolute Gasteiger partial charge is 0.481 e. The van der Waals surface area contributed by atoms with E-state index in [1.54, 1.807) is 0 Å². The van der Waals surface area contributed by atoms with Crippen molar-refractivity contribution in [1.82, 2.24) is 16.0 Å². The second kappa shape index (κ2) is 12.6. The van der Waals surface area contributed by atoms with Crippen molar-refractivity contribution in [2.45, 2.75) is 63.7 Å². The lowest BCUT2D eigenvalue weighted by molar-refractivity contribution is -0.141. The molecule has 0 spiro atoms. The SMILES string of the molecule is CC(NC(=O)C(C)NC(=O)C(CCCCN)NC(=O)C(N)CC(=O)O)C(=O)O. The van der Waals surface area contributed by atoms with E-state index in [2.05, 4.69) is 16.0 Å². The number of amides is 3. The summed E-state index contributed by atoms with van der Waals surface area (Å²) in [5, 5.41) is 24.5. The topological polar surface area (TPSA) is 214 Å². The summed E-state index contributed by atoms with van der Waals surface area (Å²) in [7, 11) is 0. The Morgan fingerprint density at radius 1 is 0.857 bits per heavy atom. The molecule has 0 radical (unpaired) electrons. The van der Waals surface area contributed by atoms with Crippen LogP contribution in [-0.4, -0.2) is 70.6 Å². The van der Waals surface area contributed by atoms with Gasteiger partial charge in [0.05, 0.1) is 12.5 Å². The number of rotatable bonds is 13.